The molecule has 1 aromatic carbocycles. The average molecular weight is 315 g/mol. The molecule has 0 amide bonds. The number of benzene rings is 1. The number of nitrogens with zero attached hydrogens (tertiary/aromatic N) is 1. The molecule has 0 saturated carbocycles. The van der Waals surface area contributed by atoms with Crippen molar-refractivity contribution in [2.24, 2.45) is 5.92 Å². The third kappa shape index (κ3) is 3.81. The SMILES string of the molecule is CCCN(CC1CCOC1)S(=O)(=O)c1ccc(C)c(F)c1. The molecule has 1 aliphatic heterocycles. The Bertz CT molecular complexity index is 583. The van der Waals surface area contributed by atoms with Crippen LogP contribution in [-0.4, -0.2) is 39.0 Å². The van der Waals surface area contributed by atoms with Crippen LogP contribution in [0.25, 0.3) is 0 Å². The maximum absolute atomic E-state index is 13.7. The fourth-order valence-electron chi connectivity index (χ4n) is 2.46. The molecule has 118 valence electrons. The lowest BCUT2D eigenvalue weighted by Crippen LogP contribution is -2.36. The van der Waals surface area contributed by atoms with E-state index >= 15 is 0 Å². The van der Waals surface area contributed by atoms with Crippen LogP contribution in [0.5, 0.6) is 0 Å². The third-order valence-corrected chi connectivity index (χ3v) is 5.60. The van der Waals surface area contributed by atoms with Crippen LogP contribution in [0.1, 0.15) is 25.3 Å². The lowest BCUT2D eigenvalue weighted by Gasteiger charge is -2.24. The minimum absolute atomic E-state index is 0.0259. The van der Waals surface area contributed by atoms with Crippen molar-refractivity contribution in [3.63, 3.8) is 0 Å². The summed E-state index contributed by atoms with van der Waals surface area (Å²) in [6, 6.07) is 4.09. The Labute approximate surface area is 126 Å². The fourth-order valence-corrected chi connectivity index (χ4v) is 4.08. The minimum atomic E-state index is -3.65. The summed E-state index contributed by atoms with van der Waals surface area (Å²) in [6.07, 6.45) is 1.60. The molecule has 4 nitrogen and oxygen atoms in total. The molecule has 1 saturated heterocycles. The van der Waals surface area contributed by atoms with E-state index in [0.717, 1.165) is 18.9 Å². The molecule has 1 atom stereocenters. The Hall–Kier alpha value is -0.980. The summed E-state index contributed by atoms with van der Waals surface area (Å²) in [5.41, 5.74) is 0.445. The number of halogens is 1. The summed E-state index contributed by atoms with van der Waals surface area (Å²) in [5.74, 6) is -0.265. The maximum atomic E-state index is 13.7. The first kappa shape index (κ1) is 16.4. The van der Waals surface area contributed by atoms with Gasteiger partial charge in [-0.05, 0) is 43.4 Å². The third-order valence-electron chi connectivity index (χ3n) is 3.74. The van der Waals surface area contributed by atoms with Gasteiger partial charge in [0.25, 0.3) is 0 Å². The molecule has 1 aliphatic rings. The molecular weight excluding hydrogens is 293 g/mol. The van der Waals surface area contributed by atoms with Gasteiger partial charge in [-0.3, -0.25) is 0 Å². The first-order valence-corrected chi connectivity index (χ1v) is 8.73. The molecule has 0 aromatic heterocycles. The molecule has 0 aliphatic carbocycles. The van der Waals surface area contributed by atoms with Gasteiger partial charge in [0.15, 0.2) is 0 Å². The second kappa shape index (κ2) is 6.85. The Morgan fingerprint density at radius 2 is 2.19 bits per heavy atom. The Balaban J connectivity index is 2.25. The minimum Gasteiger partial charge on any atom is -0.381 e. The molecule has 1 heterocycles. The van der Waals surface area contributed by atoms with Gasteiger partial charge in [-0.15, -0.1) is 0 Å². The van der Waals surface area contributed by atoms with Crippen LogP contribution >= 0.6 is 0 Å². The second-order valence-corrected chi connectivity index (χ2v) is 7.44. The summed E-state index contributed by atoms with van der Waals surface area (Å²) in [4.78, 5) is 0.0259. The average Bonchev–Trinajstić information content (AvgIpc) is 2.94. The highest BCUT2D eigenvalue weighted by Gasteiger charge is 2.28. The summed E-state index contributed by atoms with van der Waals surface area (Å²) in [7, 11) is -3.65. The molecule has 0 N–H and O–H groups in total. The topological polar surface area (TPSA) is 46.6 Å². The summed E-state index contributed by atoms with van der Waals surface area (Å²) < 4.78 is 45.8. The van der Waals surface area contributed by atoms with Crippen molar-refractivity contribution in [3.05, 3.63) is 29.6 Å². The van der Waals surface area contributed by atoms with Gasteiger partial charge in [-0.1, -0.05) is 13.0 Å². The van der Waals surface area contributed by atoms with Crippen molar-refractivity contribution >= 4 is 10.0 Å². The molecule has 0 bridgehead atoms. The molecule has 1 unspecified atom stereocenters. The molecule has 21 heavy (non-hydrogen) atoms. The van der Waals surface area contributed by atoms with Crippen LogP contribution in [0, 0.1) is 18.7 Å². The smallest absolute Gasteiger partial charge is 0.243 e. The van der Waals surface area contributed by atoms with Crippen LogP contribution in [-0.2, 0) is 14.8 Å². The van der Waals surface area contributed by atoms with E-state index in [1.54, 1.807) is 6.92 Å². The highest BCUT2D eigenvalue weighted by Crippen LogP contribution is 2.22. The van der Waals surface area contributed by atoms with Crippen LogP contribution in [0.15, 0.2) is 23.1 Å². The zero-order chi connectivity index (χ0) is 15.5. The van der Waals surface area contributed by atoms with Crippen molar-refractivity contribution in [3.8, 4) is 0 Å². The van der Waals surface area contributed by atoms with Crippen molar-refractivity contribution < 1.29 is 17.5 Å². The monoisotopic (exact) mass is 315 g/mol. The molecular formula is C15H22FNO3S. The Kier molecular flexibility index (Phi) is 5.35. The normalized spacial score (nSPS) is 19.3. The summed E-state index contributed by atoms with van der Waals surface area (Å²) in [5, 5.41) is 0. The first-order chi connectivity index (χ1) is 9.95. The summed E-state index contributed by atoms with van der Waals surface area (Å²) >= 11 is 0. The van der Waals surface area contributed by atoms with E-state index in [1.165, 1.54) is 16.4 Å². The van der Waals surface area contributed by atoms with Crippen molar-refractivity contribution in [2.75, 3.05) is 26.3 Å². The van der Waals surface area contributed by atoms with Crippen molar-refractivity contribution in [2.45, 2.75) is 31.6 Å². The number of rotatable bonds is 6. The number of sulfonamides is 1. The number of hydrogen-bond donors (Lipinski definition) is 0. The van der Waals surface area contributed by atoms with E-state index in [4.69, 9.17) is 4.74 Å². The lowest BCUT2D eigenvalue weighted by molar-refractivity contribution is 0.180. The first-order valence-electron chi connectivity index (χ1n) is 7.29. The van der Waals surface area contributed by atoms with Crippen LogP contribution in [0.3, 0.4) is 0 Å². The van der Waals surface area contributed by atoms with E-state index in [-0.39, 0.29) is 10.8 Å². The quantitative estimate of drug-likeness (QED) is 0.810. The fraction of sp³-hybridized carbons (Fsp3) is 0.600. The Morgan fingerprint density at radius 3 is 2.76 bits per heavy atom. The molecule has 1 aromatic rings. The molecule has 2 rings (SSSR count). The van der Waals surface area contributed by atoms with Gasteiger partial charge in [0, 0.05) is 19.7 Å². The molecule has 0 radical (unpaired) electrons. The van der Waals surface area contributed by atoms with Gasteiger partial charge in [0.1, 0.15) is 5.82 Å². The van der Waals surface area contributed by atoms with Crippen LogP contribution in [0.4, 0.5) is 4.39 Å². The van der Waals surface area contributed by atoms with Gasteiger partial charge in [-0.2, -0.15) is 4.31 Å². The van der Waals surface area contributed by atoms with E-state index in [0.29, 0.717) is 31.9 Å². The largest absolute Gasteiger partial charge is 0.381 e. The standard InChI is InChI=1S/C15H22FNO3S/c1-3-7-17(10-13-6-8-20-11-13)21(18,19)14-5-4-12(2)15(16)9-14/h4-5,9,13H,3,6-8,10-11H2,1-2H3. The highest BCUT2D eigenvalue weighted by atomic mass is 32.2. The van der Waals surface area contributed by atoms with Crippen LogP contribution in [0.2, 0.25) is 0 Å². The van der Waals surface area contributed by atoms with E-state index in [1.807, 2.05) is 6.92 Å². The highest BCUT2D eigenvalue weighted by molar-refractivity contribution is 7.89. The van der Waals surface area contributed by atoms with E-state index < -0.39 is 15.8 Å². The van der Waals surface area contributed by atoms with Gasteiger partial charge in [-0.25, -0.2) is 12.8 Å². The molecule has 1 fully saturated rings. The zero-order valence-electron chi connectivity index (χ0n) is 12.5. The predicted molar refractivity (Wildman–Crippen MR) is 79.1 cm³/mol. The number of ether oxygens (including phenoxy) is 1. The zero-order valence-corrected chi connectivity index (χ0v) is 13.3. The molecule has 0 spiro atoms. The second-order valence-electron chi connectivity index (χ2n) is 5.50. The van der Waals surface area contributed by atoms with E-state index in [2.05, 4.69) is 0 Å². The lowest BCUT2D eigenvalue weighted by atomic mass is 10.1. The van der Waals surface area contributed by atoms with E-state index in [9.17, 15) is 12.8 Å². The van der Waals surface area contributed by atoms with Gasteiger partial charge in [0.05, 0.1) is 11.5 Å². The maximum Gasteiger partial charge on any atom is 0.243 e. The van der Waals surface area contributed by atoms with Crippen LogP contribution < -0.4 is 0 Å². The van der Waals surface area contributed by atoms with Crippen molar-refractivity contribution in [1.29, 1.82) is 0 Å². The van der Waals surface area contributed by atoms with Crippen molar-refractivity contribution in [1.82, 2.24) is 4.31 Å². The van der Waals surface area contributed by atoms with Gasteiger partial charge >= 0.3 is 0 Å². The Morgan fingerprint density at radius 1 is 1.43 bits per heavy atom. The van der Waals surface area contributed by atoms with Gasteiger partial charge < -0.3 is 4.74 Å². The summed E-state index contributed by atoms with van der Waals surface area (Å²) in [6.45, 7) is 5.70. The van der Waals surface area contributed by atoms with Gasteiger partial charge in [0.2, 0.25) is 10.0 Å². The predicted octanol–water partition coefficient (Wildman–Crippen LogP) is 2.57. The number of hydrogen-bond acceptors (Lipinski definition) is 3. The molecule has 6 heteroatoms. The number of aryl methyl sites for hydroxylation is 1.